The van der Waals surface area contributed by atoms with Crippen LogP contribution in [0.1, 0.15) is 32.8 Å². The van der Waals surface area contributed by atoms with Crippen LogP contribution in [0.15, 0.2) is 65.8 Å². The normalized spacial score (nSPS) is 12.7. The number of aromatic nitrogens is 1. The third-order valence-electron chi connectivity index (χ3n) is 5.51. The van der Waals surface area contributed by atoms with Crippen LogP contribution in [-0.2, 0) is 35.6 Å². The summed E-state index contributed by atoms with van der Waals surface area (Å²) in [6.45, 7) is 5.13. The average molecular weight is 544 g/mol. The lowest BCUT2D eigenvalue weighted by Gasteiger charge is -2.25. The maximum Gasteiger partial charge on any atom is 0.325 e. The van der Waals surface area contributed by atoms with Gasteiger partial charge in [0.1, 0.15) is 22.3 Å². The number of carbonyl (C=O) groups is 2. The van der Waals surface area contributed by atoms with Gasteiger partial charge in [-0.25, -0.2) is 13.5 Å². The van der Waals surface area contributed by atoms with Crippen LogP contribution in [0.5, 0.6) is 5.75 Å². The number of fused-ring (bicyclic) bond motifs is 1. The molecule has 38 heavy (non-hydrogen) atoms. The zero-order valence-corrected chi connectivity index (χ0v) is 22.9. The molecule has 1 aromatic heterocycles. The van der Waals surface area contributed by atoms with E-state index in [4.69, 9.17) is 14.3 Å². The lowest BCUT2D eigenvalue weighted by Crippen LogP contribution is -2.46. The molecule has 2 aromatic carbocycles. The number of hydrogen-bond donors (Lipinski definition) is 1. The Morgan fingerprint density at radius 2 is 1.74 bits per heavy atom. The summed E-state index contributed by atoms with van der Waals surface area (Å²) >= 11 is 0. The van der Waals surface area contributed by atoms with E-state index in [0.717, 1.165) is 21.4 Å². The van der Waals surface area contributed by atoms with E-state index in [1.54, 1.807) is 45.3 Å². The Hall–Kier alpha value is -3.54. The van der Waals surface area contributed by atoms with Crippen molar-refractivity contribution in [2.45, 2.75) is 50.2 Å². The SMILES string of the molecule is CON(C)C(=O)C[C@H](NS(=O)(=O)c1ccccc1OCCc1cncc2ccccc12)C(=O)OC(C)(C)C. The highest BCUT2D eigenvalue weighted by atomic mass is 32.2. The Morgan fingerprint density at radius 1 is 1.05 bits per heavy atom. The Bertz CT molecular complexity index is 1380. The van der Waals surface area contributed by atoms with Gasteiger partial charge in [0.15, 0.2) is 0 Å². The van der Waals surface area contributed by atoms with Crippen molar-refractivity contribution in [1.29, 1.82) is 0 Å². The van der Waals surface area contributed by atoms with Gasteiger partial charge in [0.05, 0.1) is 20.1 Å². The second kappa shape index (κ2) is 12.3. The van der Waals surface area contributed by atoms with E-state index in [1.165, 1.54) is 26.3 Å². The molecule has 0 fully saturated rings. The molecule has 204 valence electrons. The molecule has 1 atom stereocenters. The topological polar surface area (TPSA) is 124 Å². The molecule has 0 unspecified atom stereocenters. The minimum absolute atomic E-state index is 0.108. The second-order valence-corrected chi connectivity index (χ2v) is 11.2. The van der Waals surface area contributed by atoms with E-state index in [-0.39, 0.29) is 17.3 Å². The van der Waals surface area contributed by atoms with Gasteiger partial charge in [-0.15, -0.1) is 0 Å². The quantitative estimate of drug-likeness (QED) is 0.289. The van der Waals surface area contributed by atoms with E-state index in [1.807, 2.05) is 24.3 Å². The number of benzene rings is 2. The van der Waals surface area contributed by atoms with Crippen LogP contribution >= 0.6 is 0 Å². The van der Waals surface area contributed by atoms with Gasteiger partial charge in [-0.3, -0.25) is 19.4 Å². The molecule has 10 nitrogen and oxygen atoms in total. The molecular formula is C27H33N3O7S. The summed E-state index contributed by atoms with van der Waals surface area (Å²) in [5.41, 5.74) is 0.0707. The van der Waals surface area contributed by atoms with Crippen molar-refractivity contribution < 1.29 is 32.3 Å². The van der Waals surface area contributed by atoms with Crippen LogP contribution in [0.25, 0.3) is 10.8 Å². The van der Waals surface area contributed by atoms with Crippen LogP contribution in [0.3, 0.4) is 0 Å². The highest BCUT2D eigenvalue weighted by Crippen LogP contribution is 2.25. The first-order valence-electron chi connectivity index (χ1n) is 12.0. The predicted molar refractivity (Wildman–Crippen MR) is 142 cm³/mol. The minimum Gasteiger partial charge on any atom is -0.492 e. The number of hydrogen-bond acceptors (Lipinski definition) is 8. The smallest absolute Gasteiger partial charge is 0.325 e. The van der Waals surface area contributed by atoms with E-state index in [0.29, 0.717) is 6.42 Å². The molecule has 0 bridgehead atoms. The van der Waals surface area contributed by atoms with Crippen molar-refractivity contribution in [3.8, 4) is 5.75 Å². The van der Waals surface area contributed by atoms with Crippen molar-refractivity contribution in [3.05, 3.63) is 66.5 Å². The van der Waals surface area contributed by atoms with E-state index >= 15 is 0 Å². The minimum atomic E-state index is -4.30. The maximum atomic E-state index is 13.4. The van der Waals surface area contributed by atoms with E-state index < -0.39 is 40.0 Å². The molecule has 3 rings (SSSR count). The first-order valence-corrected chi connectivity index (χ1v) is 13.5. The van der Waals surface area contributed by atoms with Crippen molar-refractivity contribution >= 4 is 32.7 Å². The summed E-state index contributed by atoms with van der Waals surface area (Å²) in [5, 5.41) is 2.95. The van der Waals surface area contributed by atoms with E-state index in [9.17, 15) is 18.0 Å². The van der Waals surface area contributed by atoms with Gasteiger partial charge in [-0.1, -0.05) is 36.4 Å². The van der Waals surface area contributed by atoms with Gasteiger partial charge in [0.25, 0.3) is 0 Å². The van der Waals surface area contributed by atoms with Crippen LogP contribution in [0, 0.1) is 0 Å². The molecule has 0 radical (unpaired) electrons. The van der Waals surface area contributed by atoms with Crippen molar-refractivity contribution in [2.24, 2.45) is 0 Å². The second-order valence-electron chi connectivity index (χ2n) is 9.55. The lowest BCUT2D eigenvalue weighted by molar-refractivity contribution is -0.172. The van der Waals surface area contributed by atoms with Crippen LogP contribution in [0.2, 0.25) is 0 Å². The number of ether oxygens (including phenoxy) is 2. The highest BCUT2D eigenvalue weighted by Gasteiger charge is 2.33. The predicted octanol–water partition coefficient (Wildman–Crippen LogP) is 3.25. The maximum absolute atomic E-state index is 13.4. The molecule has 0 saturated heterocycles. The monoisotopic (exact) mass is 543 g/mol. The third kappa shape index (κ3) is 7.73. The molecule has 1 amide bonds. The molecule has 0 aliphatic heterocycles. The molecule has 0 spiro atoms. The molecule has 1 heterocycles. The first kappa shape index (κ1) is 29.0. The molecule has 0 aliphatic rings. The number of esters is 1. The van der Waals surface area contributed by atoms with Crippen molar-refractivity contribution in [2.75, 3.05) is 20.8 Å². The van der Waals surface area contributed by atoms with Crippen molar-refractivity contribution in [1.82, 2.24) is 14.8 Å². The largest absolute Gasteiger partial charge is 0.492 e. The number of nitrogens with one attached hydrogen (secondary N) is 1. The molecule has 3 aromatic rings. The van der Waals surface area contributed by atoms with Gasteiger partial charge in [0.2, 0.25) is 15.9 Å². The number of amides is 1. The Labute approximate surface area is 222 Å². The zero-order valence-electron chi connectivity index (χ0n) is 22.1. The van der Waals surface area contributed by atoms with Crippen LogP contribution < -0.4 is 9.46 Å². The fourth-order valence-corrected chi connectivity index (χ4v) is 4.97. The van der Waals surface area contributed by atoms with Crippen LogP contribution in [0.4, 0.5) is 0 Å². The highest BCUT2D eigenvalue weighted by molar-refractivity contribution is 7.89. The standard InChI is InChI=1S/C27H33N3O7S/c1-27(2,3)37-26(32)22(16-25(31)30(4)35-5)29-38(33,34)24-13-9-8-12-23(24)36-15-14-20-18-28-17-19-10-6-7-11-21(19)20/h6-13,17-18,22,29H,14-16H2,1-5H3/t22-/m0/s1. The fourth-order valence-electron chi connectivity index (χ4n) is 3.64. The lowest BCUT2D eigenvalue weighted by atomic mass is 10.1. The van der Waals surface area contributed by atoms with Crippen molar-refractivity contribution in [3.63, 3.8) is 0 Å². The van der Waals surface area contributed by atoms with Gasteiger partial charge >= 0.3 is 5.97 Å². The summed E-state index contributed by atoms with van der Waals surface area (Å²) in [7, 11) is -1.66. The number of para-hydroxylation sites is 1. The molecule has 0 saturated carbocycles. The Kier molecular flexibility index (Phi) is 9.42. The van der Waals surface area contributed by atoms with Gasteiger partial charge in [-0.2, -0.15) is 4.72 Å². The summed E-state index contributed by atoms with van der Waals surface area (Å²) in [4.78, 5) is 34.2. The number of hydroxylamine groups is 2. The zero-order chi connectivity index (χ0) is 27.9. The number of carbonyl (C=O) groups excluding carboxylic acids is 2. The number of nitrogens with zero attached hydrogens (tertiary/aromatic N) is 2. The number of rotatable bonds is 11. The average Bonchev–Trinajstić information content (AvgIpc) is 2.87. The van der Waals surface area contributed by atoms with Gasteiger partial charge in [-0.05, 0) is 43.9 Å². The molecule has 11 heteroatoms. The van der Waals surface area contributed by atoms with Crippen LogP contribution in [-0.4, -0.2) is 62.7 Å². The summed E-state index contributed by atoms with van der Waals surface area (Å²) in [6.07, 6.45) is 3.53. The first-order chi connectivity index (χ1) is 17.9. The summed E-state index contributed by atoms with van der Waals surface area (Å²) in [5.74, 6) is -1.39. The molecular weight excluding hydrogens is 510 g/mol. The Balaban J connectivity index is 1.80. The number of sulfonamides is 1. The third-order valence-corrected chi connectivity index (χ3v) is 7.02. The van der Waals surface area contributed by atoms with Gasteiger partial charge < -0.3 is 9.47 Å². The summed E-state index contributed by atoms with van der Waals surface area (Å²) in [6, 6.07) is 12.4. The van der Waals surface area contributed by atoms with Gasteiger partial charge in [0, 0.05) is 31.2 Å². The summed E-state index contributed by atoms with van der Waals surface area (Å²) < 4.78 is 40.4. The Morgan fingerprint density at radius 3 is 2.45 bits per heavy atom. The van der Waals surface area contributed by atoms with E-state index in [2.05, 4.69) is 9.71 Å². The fraction of sp³-hybridized carbons (Fsp3) is 0.370. The molecule has 1 N–H and O–H groups in total. The number of pyridine rings is 1. The molecule has 0 aliphatic carbocycles.